The number of carbonyl (C=O) groups excluding carboxylic acids is 7. The van der Waals surface area contributed by atoms with E-state index >= 15 is 0 Å². The van der Waals surface area contributed by atoms with Crippen molar-refractivity contribution in [3.8, 4) is 0 Å². The van der Waals surface area contributed by atoms with Crippen LogP contribution < -0.4 is 49.5 Å². The van der Waals surface area contributed by atoms with Gasteiger partial charge in [-0.15, -0.1) is 0 Å². The smallest absolute Gasteiger partial charge is 0.326 e. The number of aliphatic hydroxyl groups is 2. The first-order valence-corrected chi connectivity index (χ1v) is 18.3. The Kier molecular flexibility index (Phi) is 21.5. The highest BCUT2D eigenvalue weighted by Crippen LogP contribution is 2.20. The number of hydrogen-bond acceptors (Lipinski definition) is 14. The Morgan fingerprint density at radius 2 is 1.20 bits per heavy atom. The van der Waals surface area contributed by atoms with Crippen LogP contribution >= 0.6 is 0 Å². The molecule has 0 aromatic heterocycles. The summed E-state index contributed by atoms with van der Waals surface area (Å²) in [4.78, 5) is 115. The van der Waals surface area contributed by atoms with Crippen LogP contribution in [0.2, 0.25) is 0 Å². The number of carboxylic acid groups (broad SMARTS) is 2. The Balaban J connectivity index is 3.22. The van der Waals surface area contributed by atoms with Gasteiger partial charge in [0.05, 0.1) is 31.1 Å². The summed E-state index contributed by atoms with van der Waals surface area (Å²) in [6.45, 7) is 2.83. The van der Waals surface area contributed by atoms with E-state index < -0.39 is 121 Å². The van der Waals surface area contributed by atoms with Crippen molar-refractivity contribution in [1.29, 1.82) is 0 Å². The van der Waals surface area contributed by atoms with E-state index in [1.54, 1.807) is 0 Å². The summed E-state index contributed by atoms with van der Waals surface area (Å²) in [5.74, 6) is -9.91. The van der Waals surface area contributed by atoms with Crippen LogP contribution in [0.5, 0.6) is 0 Å². The Morgan fingerprint density at radius 3 is 1.70 bits per heavy atom. The molecule has 0 aliphatic carbocycles. The van der Waals surface area contributed by atoms with E-state index in [-0.39, 0.29) is 32.4 Å². The van der Waals surface area contributed by atoms with E-state index in [1.807, 2.05) is 5.32 Å². The predicted molar refractivity (Wildman–Crippen MR) is 195 cm³/mol. The molecular weight excluding hydrogens is 744 g/mol. The molecule has 1 rings (SSSR count). The third-order valence-corrected chi connectivity index (χ3v) is 8.86. The molecule has 17 N–H and O–H groups in total. The van der Waals surface area contributed by atoms with Gasteiger partial charge in [-0.25, -0.2) is 4.79 Å². The van der Waals surface area contributed by atoms with Gasteiger partial charge in [0, 0.05) is 6.54 Å². The number of aliphatic carboxylic acids is 2. The Morgan fingerprint density at radius 1 is 0.679 bits per heavy atom. The monoisotopic (exact) mass is 802 g/mol. The van der Waals surface area contributed by atoms with Crippen molar-refractivity contribution in [1.82, 2.24) is 31.5 Å². The first-order valence-electron chi connectivity index (χ1n) is 18.3. The number of carboxylic acids is 2. The molecule has 0 unspecified atom stereocenters. The van der Waals surface area contributed by atoms with Gasteiger partial charge in [0.2, 0.25) is 41.4 Å². The molecule has 1 heterocycles. The fourth-order valence-electron chi connectivity index (χ4n) is 5.80. The second-order valence-electron chi connectivity index (χ2n) is 13.6. The number of likely N-dealkylation sites (tertiary alicyclic amines) is 1. The standard InChI is InChI=1S/C33H58N10O13/c1-16(44)25(30(52)40-21(33(55)56)14-23(37)46)42-31(53)26(17(2)45)41-28(50)19(9-4-6-12-35)38-29(51)22-10-7-13-43(22)32(54)20(15-24(47)48)39-27(49)18(36)8-3-5-11-34/h16-22,25-26,44-45H,3-15,34-36H2,1-2H3,(H2,37,46)(H,38,51)(H,39,49)(H,40,52)(H,41,50)(H,42,53)(H,47,48)(H,55,56)/t16-,17-,18+,19+,20+,21+,22+,25+,26+/m1/s1. The number of nitrogens with zero attached hydrogens (tertiary/aromatic N) is 1. The number of primary amides is 1. The molecule has 9 atom stereocenters. The molecule has 23 nitrogen and oxygen atoms in total. The lowest BCUT2D eigenvalue weighted by Crippen LogP contribution is -2.62. The van der Waals surface area contributed by atoms with Crippen LogP contribution in [0, 0.1) is 0 Å². The molecule has 0 radical (unpaired) electrons. The summed E-state index contributed by atoms with van der Waals surface area (Å²) in [5, 5.41) is 50.8. The van der Waals surface area contributed by atoms with Crippen molar-refractivity contribution < 1.29 is 63.6 Å². The number of nitrogens with one attached hydrogen (secondary N) is 5. The van der Waals surface area contributed by atoms with Gasteiger partial charge in [0.15, 0.2) is 0 Å². The summed E-state index contributed by atoms with van der Waals surface area (Å²) < 4.78 is 0. The maximum absolute atomic E-state index is 13.7. The molecule has 1 saturated heterocycles. The van der Waals surface area contributed by atoms with E-state index in [0.717, 1.165) is 18.7 Å². The summed E-state index contributed by atoms with van der Waals surface area (Å²) in [6, 6.07) is -10.6. The van der Waals surface area contributed by atoms with Gasteiger partial charge < -0.3 is 74.8 Å². The Hall–Kier alpha value is -4.97. The van der Waals surface area contributed by atoms with Crippen LogP contribution in [-0.4, -0.2) is 153 Å². The van der Waals surface area contributed by atoms with Crippen molar-refractivity contribution in [2.75, 3.05) is 19.6 Å². The highest BCUT2D eigenvalue weighted by Gasteiger charge is 2.41. The average Bonchev–Trinajstić information content (AvgIpc) is 3.61. The third kappa shape index (κ3) is 16.4. The number of rotatable bonds is 26. The molecule has 0 saturated carbocycles. The predicted octanol–water partition coefficient (Wildman–Crippen LogP) is -5.82. The van der Waals surface area contributed by atoms with Gasteiger partial charge in [0.1, 0.15) is 36.3 Å². The lowest BCUT2D eigenvalue weighted by atomic mass is 10.0. The highest BCUT2D eigenvalue weighted by atomic mass is 16.4. The third-order valence-electron chi connectivity index (χ3n) is 8.86. The van der Waals surface area contributed by atoms with Gasteiger partial charge in [0.25, 0.3) is 0 Å². The van der Waals surface area contributed by atoms with Crippen LogP contribution in [0.25, 0.3) is 0 Å². The van der Waals surface area contributed by atoms with Crippen LogP contribution in [0.1, 0.15) is 78.1 Å². The van der Waals surface area contributed by atoms with E-state index in [2.05, 4.69) is 21.3 Å². The molecule has 318 valence electrons. The van der Waals surface area contributed by atoms with Crippen molar-refractivity contribution in [3.05, 3.63) is 0 Å². The molecular formula is C33H58N10O13. The molecule has 1 aliphatic heterocycles. The molecule has 56 heavy (non-hydrogen) atoms. The fraction of sp³-hybridized carbons (Fsp3) is 0.727. The largest absolute Gasteiger partial charge is 0.481 e. The normalized spacial score (nSPS) is 18.1. The summed E-state index contributed by atoms with van der Waals surface area (Å²) in [6.07, 6.45) is -2.41. The molecule has 1 fully saturated rings. The zero-order valence-electron chi connectivity index (χ0n) is 31.6. The quantitative estimate of drug-likeness (QED) is 0.0362. The number of carbonyl (C=O) groups is 9. The Bertz CT molecular complexity index is 1400. The van der Waals surface area contributed by atoms with Crippen LogP contribution in [0.15, 0.2) is 0 Å². The lowest BCUT2D eigenvalue weighted by Gasteiger charge is -2.30. The van der Waals surface area contributed by atoms with Gasteiger partial charge in [-0.3, -0.25) is 38.4 Å². The van der Waals surface area contributed by atoms with Gasteiger partial charge in [-0.2, -0.15) is 0 Å². The summed E-state index contributed by atoms with van der Waals surface area (Å²) in [5.41, 5.74) is 22.0. The second-order valence-corrected chi connectivity index (χ2v) is 13.6. The van der Waals surface area contributed by atoms with E-state index in [9.17, 15) is 63.6 Å². The van der Waals surface area contributed by atoms with Crippen molar-refractivity contribution >= 4 is 53.3 Å². The molecule has 0 aromatic rings. The molecule has 23 heteroatoms. The molecule has 1 aliphatic rings. The van der Waals surface area contributed by atoms with Gasteiger partial charge >= 0.3 is 11.9 Å². The minimum Gasteiger partial charge on any atom is -0.481 e. The molecule has 0 spiro atoms. The lowest BCUT2D eigenvalue weighted by molar-refractivity contribution is -0.146. The molecule has 0 bridgehead atoms. The molecule has 0 aromatic carbocycles. The fourth-order valence-corrected chi connectivity index (χ4v) is 5.80. The first-order chi connectivity index (χ1) is 26.2. The zero-order valence-corrected chi connectivity index (χ0v) is 31.6. The topological polar surface area (TPSA) is 402 Å². The van der Waals surface area contributed by atoms with E-state index in [0.29, 0.717) is 38.6 Å². The van der Waals surface area contributed by atoms with E-state index in [4.69, 9.17) is 22.9 Å². The van der Waals surface area contributed by atoms with Crippen molar-refractivity contribution in [2.45, 2.75) is 133 Å². The maximum Gasteiger partial charge on any atom is 0.326 e. The number of unbranched alkanes of at least 4 members (excludes halogenated alkanes) is 2. The van der Waals surface area contributed by atoms with Gasteiger partial charge in [-0.05, 0) is 71.9 Å². The first kappa shape index (κ1) is 49.0. The van der Waals surface area contributed by atoms with E-state index in [1.165, 1.54) is 0 Å². The average molecular weight is 803 g/mol. The van der Waals surface area contributed by atoms with Crippen LogP contribution in [-0.2, 0) is 43.2 Å². The van der Waals surface area contributed by atoms with Gasteiger partial charge in [-0.1, -0.05) is 6.42 Å². The summed E-state index contributed by atoms with van der Waals surface area (Å²) in [7, 11) is 0. The second kappa shape index (κ2) is 24.5. The Labute approximate surface area is 323 Å². The maximum atomic E-state index is 13.7. The minimum atomic E-state index is -1.83. The number of amides is 7. The highest BCUT2D eigenvalue weighted by molar-refractivity contribution is 5.98. The van der Waals surface area contributed by atoms with Crippen LogP contribution in [0.4, 0.5) is 0 Å². The SMILES string of the molecule is C[C@@H](O)[C@H](NC(=O)[C@H](CCCCN)NC(=O)[C@@H]1CCCN1C(=O)[C@H](CC(=O)O)NC(=O)[C@@H](N)CCCCN)C(=O)N[C@H](C(=O)N[C@@H](CC(N)=O)C(=O)O)[C@@H](C)O. The van der Waals surface area contributed by atoms with Crippen molar-refractivity contribution in [3.63, 3.8) is 0 Å². The van der Waals surface area contributed by atoms with Crippen LogP contribution in [0.3, 0.4) is 0 Å². The zero-order chi connectivity index (χ0) is 42.7. The summed E-state index contributed by atoms with van der Waals surface area (Å²) >= 11 is 0. The van der Waals surface area contributed by atoms with Crippen molar-refractivity contribution in [2.24, 2.45) is 22.9 Å². The molecule has 7 amide bonds. The number of nitrogens with two attached hydrogens (primary N) is 4. The number of hydrogen-bond donors (Lipinski definition) is 13. The minimum absolute atomic E-state index is 0.0214. The number of aliphatic hydroxyl groups excluding tert-OH is 2.